The van der Waals surface area contributed by atoms with Crippen LogP contribution in [0.25, 0.3) is 0 Å². The largest absolute Gasteiger partial charge is 0.338 e. The number of hydrogen-bond acceptors (Lipinski definition) is 2. The van der Waals surface area contributed by atoms with Gasteiger partial charge in [-0.05, 0) is 37.2 Å². The van der Waals surface area contributed by atoms with Crippen LogP contribution >= 0.6 is 0 Å². The Balaban J connectivity index is 1.75. The Hall–Kier alpha value is -1.35. The van der Waals surface area contributed by atoms with Crippen LogP contribution in [-0.2, 0) is 4.79 Å². The first-order valence-corrected chi connectivity index (χ1v) is 7.88. The number of fused-ring (bicyclic) bond motifs is 1. The summed E-state index contributed by atoms with van der Waals surface area (Å²) in [5, 5.41) is 0. The number of nitrogens with two attached hydrogens (primary N) is 1. The molecule has 2 N–H and O–H groups in total. The highest BCUT2D eigenvalue weighted by atomic mass is 16.2. The van der Waals surface area contributed by atoms with Gasteiger partial charge in [-0.3, -0.25) is 4.79 Å². The van der Waals surface area contributed by atoms with Crippen molar-refractivity contribution in [3.05, 3.63) is 35.9 Å². The van der Waals surface area contributed by atoms with Gasteiger partial charge in [0.05, 0.1) is 0 Å². The Morgan fingerprint density at radius 2 is 1.80 bits per heavy atom. The molecule has 0 unspecified atom stereocenters. The van der Waals surface area contributed by atoms with Gasteiger partial charge in [0.25, 0.3) is 0 Å². The average Bonchev–Trinajstić information content (AvgIpc) is 2.54. The lowest BCUT2D eigenvalue weighted by Gasteiger charge is -2.45. The van der Waals surface area contributed by atoms with Gasteiger partial charge in [-0.2, -0.15) is 0 Å². The second kappa shape index (κ2) is 5.96. The molecule has 3 heteroatoms. The molecular weight excluding hydrogens is 248 g/mol. The zero-order valence-electron chi connectivity index (χ0n) is 12.0. The topological polar surface area (TPSA) is 46.3 Å². The van der Waals surface area contributed by atoms with Gasteiger partial charge < -0.3 is 10.6 Å². The van der Waals surface area contributed by atoms with Gasteiger partial charge in [-0.25, -0.2) is 0 Å². The molecule has 0 spiro atoms. The standard InChI is InChI=1S/C17H24N2O/c18-16(14-8-2-1-3-9-14)17(20)19-12-6-10-13-7-4-5-11-15(13)19/h1-3,8-9,13,15-16H,4-7,10-12,18H2/t13-,15-,16-/m1/s1. The van der Waals surface area contributed by atoms with Crippen LogP contribution < -0.4 is 5.73 Å². The number of hydrogen-bond donors (Lipinski definition) is 1. The summed E-state index contributed by atoms with van der Waals surface area (Å²) in [6.07, 6.45) is 7.45. The van der Waals surface area contributed by atoms with E-state index in [2.05, 4.69) is 4.90 Å². The predicted octanol–water partition coefficient (Wildman–Crippen LogP) is 2.87. The molecule has 1 heterocycles. The molecule has 3 atom stereocenters. The Morgan fingerprint density at radius 1 is 1.10 bits per heavy atom. The summed E-state index contributed by atoms with van der Waals surface area (Å²) in [5.41, 5.74) is 7.13. The Labute approximate surface area is 121 Å². The summed E-state index contributed by atoms with van der Waals surface area (Å²) in [5.74, 6) is 0.831. The smallest absolute Gasteiger partial charge is 0.244 e. The molecule has 2 fully saturated rings. The van der Waals surface area contributed by atoms with Crippen molar-refractivity contribution in [2.24, 2.45) is 11.7 Å². The van der Waals surface area contributed by atoms with E-state index in [0.717, 1.165) is 24.9 Å². The fourth-order valence-electron chi connectivity index (χ4n) is 3.88. The van der Waals surface area contributed by atoms with Gasteiger partial charge >= 0.3 is 0 Å². The van der Waals surface area contributed by atoms with Crippen molar-refractivity contribution in [2.45, 2.75) is 50.6 Å². The predicted molar refractivity (Wildman–Crippen MR) is 80.1 cm³/mol. The Bertz CT molecular complexity index is 457. The molecule has 1 amide bonds. The van der Waals surface area contributed by atoms with E-state index < -0.39 is 6.04 Å². The number of piperidine rings is 1. The van der Waals surface area contributed by atoms with Crippen molar-refractivity contribution in [3.8, 4) is 0 Å². The summed E-state index contributed by atoms with van der Waals surface area (Å²) in [6, 6.07) is 9.69. The van der Waals surface area contributed by atoms with Crippen molar-refractivity contribution >= 4 is 5.91 Å². The maximum absolute atomic E-state index is 12.8. The van der Waals surface area contributed by atoms with Crippen molar-refractivity contribution in [1.82, 2.24) is 4.90 Å². The molecule has 1 saturated carbocycles. The van der Waals surface area contributed by atoms with E-state index in [1.807, 2.05) is 30.3 Å². The highest BCUT2D eigenvalue weighted by Gasteiger charge is 2.37. The Kier molecular flexibility index (Phi) is 4.06. The highest BCUT2D eigenvalue weighted by Crippen LogP contribution is 2.36. The highest BCUT2D eigenvalue weighted by molar-refractivity contribution is 5.83. The van der Waals surface area contributed by atoms with Crippen LogP contribution in [0.2, 0.25) is 0 Å². The molecule has 1 saturated heterocycles. The van der Waals surface area contributed by atoms with Crippen LogP contribution in [-0.4, -0.2) is 23.4 Å². The third-order valence-electron chi connectivity index (χ3n) is 4.95. The first-order chi connectivity index (χ1) is 9.77. The average molecular weight is 272 g/mol. The molecule has 1 aliphatic carbocycles. The van der Waals surface area contributed by atoms with E-state index in [-0.39, 0.29) is 5.91 Å². The van der Waals surface area contributed by atoms with E-state index in [4.69, 9.17) is 5.73 Å². The molecule has 2 aliphatic rings. The second-order valence-electron chi connectivity index (χ2n) is 6.17. The first-order valence-electron chi connectivity index (χ1n) is 7.88. The molecule has 1 aliphatic heterocycles. The lowest BCUT2D eigenvalue weighted by atomic mass is 9.78. The molecule has 1 aromatic carbocycles. The van der Waals surface area contributed by atoms with Gasteiger partial charge in [0.1, 0.15) is 6.04 Å². The molecular formula is C17H24N2O. The quantitative estimate of drug-likeness (QED) is 0.900. The summed E-state index contributed by atoms with van der Waals surface area (Å²) in [7, 11) is 0. The third kappa shape index (κ3) is 2.59. The van der Waals surface area contributed by atoms with Crippen molar-refractivity contribution in [3.63, 3.8) is 0 Å². The van der Waals surface area contributed by atoms with Crippen LogP contribution in [0.4, 0.5) is 0 Å². The number of benzene rings is 1. The minimum atomic E-state index is -0.503. The van der Waals surface area contributed by atoms with Crippen LogP contribution in [0.3, 0.4) is 0 Å². The second-order valence-corrected chi connectivity index (χ2v) is 6.17. The van der Waals surface area contributed by atoms with E-state index in [0.29, 0.717) is 12.0 Å². The van der Waals surface area contributed by atoms with Crippen LogP contribution in [0, 0.1) is 5.92 Å². The van der Waals surface area contributed by atoms with Crippen LogP contribution in [0.15, 0.2) is 30.3 Å². The summed E-state index contributed by atoms with van der Waals surface area (Å²) >= 11 is 0. The van der Waals surface area contributed by atoms with Crippen molar-refractivity contribution in [1.29, 1.82) is 0 Å². The lowest BCUT2D eigenvalue weighted by Crippen LogP contribution is -2.52. The molecule has 0 bridgehead atoms. The normalized spacial score (nSPS) is 27.8. The minimum absolute atomic E-state index is 0.118. The number of amides is 1. The number of nitrogens with zero attached hydrogens (tertiary/aromatic N) is 1. The van der Waals surface area contributed by atoms with Crippen LogP contribution in [0.5, 0.6) is 0 Å². The summed E-state index contributed by atoms with van der Waals surface area (Å²) < 4.78 is 0. The van der Waals surface area contributed by atoms with Gasteiger partial charge in [-0.15, -0.1) is 0 Å². The first kappa shape index (κ1) is 13.6. The van der Waals surface area contributed by atoms with Gasteiger partial charge in [0.15, 0.2) is 0 Å². The Morgan fingerprint density at radius 3 is 2.60 bits per heavy atom. The maximum Gasteiger partial charge on any atom is 0.244 e. The molecule has 20 heavy (non-hydrogen) atoms. The molecule has 108 valence electrons. The fourth-order valence-corrected chi connectivity index (χ4v) is 3.88. The van der Waals surface area contributed by atoms with Gasteiger partial charge in [-0.1, -0.05) is 43.2 Å². The van der Waals surface area contributed by atoms with E-state index >= 15 is 0 Å². The summed E-state index contributed by atoms with van der Waals surface area (Å²) in [4.78, 5) is 14.8. The van der Waals surface area contributed by atoms with Crippen LogP contribution in [0.1, 0.15) is 50.1 Å². The number of carbonyl (C=O) groups excluding carboxylic acids is 1. The monoisotopic (exact) mass is 272 g/mol. The van der Waals surface area contributed by atoms with Crippen molar-refractivity contribution < 1.29 is 4.79 Å². The fraction of sp³-hybridized carbons (Fsp3) is 0.588. The zero-order chi connectivity index (χ0) is 13.9. The summed E-state index contributed by atoms with van der Waals surface area (Å²) in [6.45, 7) is 0.889. The number of rotatable bonds is 2. The number of carbonyl (C=O) groups is 1. The van der Waals surface area contributed by atoms with E-state index in [1.54, 1.807) is 0 Å². The zero-order valence-corrected chi connectivity index (χ0v) is 12.0. The van der Waals surface area contributed by atoms with Gasteiger partial charge in [0, 0.05) is 12.6 Å². The van der Waals surface area contributed by atoms with E-state index in [1.165, 1.54) is 25.7 Å². The van der Waals surface area contributed by atoms with E-state index in [9.17, 15) is 4.79 Å². The molecule has 1 aromatic rings. The molecule has 3 nitrogen and oxygen atoms in total. The minimum Gasteiger partial charge on any atom is -0.338 e. The third-order valence-corrected chi connectivity index (χ3v) is 4.95. The molecule has 0 aromatic heterocycles. The van der Waals surface area contributed by atoms with Gasteiger partial charge in [0.2, 0.25) is 5.91 Å². The number of likely N-dealkylation sites (tertiary alicyclic amines) is 1. The van der Waals surface area contributed by atoms with Crippen molar-refractivity contribution in [2.75, 3.05) is 6.54 Å². The molecule has 3 rings (SSSR count). The maximum atomic E-state index is 12.8. The SMILES string of the molecule is N[C@@H](C(=O)N1CCC[C@H]2CCCC[C@H]21)c1ccccc1. The lowest BCUT2D eigenvalue weighted by molar-refractivity contribution is -0.139. The molecule has 0 radical (unpaired) electrons.